The summed E-state index contributed by atoms with van der Waals surface area (Å²) in [7, 11) is 0. The first-order chi connectivity index (χ1) is 34.0. The van der Waals surface area contributed by atoms with Crippen LogP contribution in [0.4, 0.5) is 17.1 Å². The van der Waals surface area contributed by atoms with Crippen LogP contribution in [-0.4, -0.2) is 4.57 Å². The third-order valence-corrected chi connectivity index (χ3v) is 16.9. The average molecular weight is 899 g/mol. The molecule has 4 aliphatic carbocycles. The first-order valence-corrected chi connectivity index (χ1v) is 25.2. The zero-order valence-corrected chi connectivity index (χ0v) is 40.8. The van der Waals surface area contributed by atoms with Gasteiger partial charge in [-0.2, -0.15) is 0 Å². The number of rotatable bonds is 4. The summed E-state index contributed by atoms with van der Waals surface area (Å²) in [4.78, 5) is 2.35. The van der Waals surface area contributed by atoms with Gasteiger partial charge < -0.3 is 9.47 Å². The Morgan fingerprint density at radius 3 is 1.40 bits per heavy atom. The van der Waals surface area contributed by atoms with Gasteiger partial charge in [0.1, 0.15) is 0 Å². The number of benzene rings is 9. The van der Waals surface area contributed by atoms with Gasteiger partial charge in [-0.3, -0.25) is 0 Å². The number of anilines is 3. The number of aryl methyl sites for hydroxylation is 2. The van der Waals surface area contributed by atoms with Crippen molar-refractivity contribution in [1.29, 1.82) is 0 Å². The van der Waals surface area contributed by atoms with E-state index in [1.54, 1.807) is 0 Å². The van der Waals surface area contributed by atoms with Gasteiger partial charge in [0, 0.05) is 60.9 Å². The average Bonchev–Trinajstić information content (AvgIpc) is 3.93. The standard InChI is InChI=1S/C68H54N2/c1-66(2)54-26-15-13-22-50(54)62-52-24-17-25-53-63-51-23-14-16-27-55(51)67(3,4)59(63)41-61-65(53)64(52)60(40-58(62)66)70(61)46-33-30-42(31-34-46)28-29-43-32-36-48-49-37-35-47(39-57(49)68(5,6)56(48)38-43)69(44-18-9-7-10-19-44)45-20-11-8-12-21-45/h7-16,18-23,26-27,30-41H,17,24-25H2,1-6H3. The lowest BCUT2D eigenvalue weighted by Crippen LogP contribution is -2.16. The topological polar surface area (TPSA) is 8.17 Å². The number of fused-ring (bicyclic) bond motifs is 11. The second kappa shape index (κ2) is 14.6. The van der Waals surface area contributed by atoms with E-state index in [1.807, 2.05) is 0 Å². The minimum absolute atomic E-state index is 0.0976. The van der Waals surface area contributed by atoms with Crippen LogP contribution in [0.2, 0.25) is 0 Å². The Bertz CT molecular complexity index is 3760. The maximum absolute atomic E-state index is 3.60. The summed E-state index contributed by atoms with van der Waals surface area (Å²) in [6.07, 6.45) is 3.28. The molecule has 0 atom stereocenters. The van der Waals surface area contributed by atoms with Crippen LogP contribution in [0.15, 0.2) is 182 Å². The number of aromatic nitrogens is 1. The summed E-state index contributed by atoms with van der Waals surface area (Å²) in [5, 5.41) is 2.90. The second-order valence-corrected chi connectivity index (χ2v) is 21.8. The minimum Gasteiger partial charge on any atom is -0.310 e. The first kappa shape index (κ1) is 41.1. The molecule has 0 N–H and O–H groups in total. The molecule has 2 heteroatoms. The van der Waals surface area contributed by atoms with Gasteiger partial charge in [-0.05, 0) is 182 Å². The van der Waals surface area contributed by atoms with Crippen LogP contribution in [0.3, 0.4) is 0 Å². The molecule has 0 amide bonds. The van der Waals surface area contributed by atoms with E-state index in [0.717, 1.165) is 47.5 Å². The molecule has 4 aliphatic rings. The van der Waals surface area contributed by atoms with Crippen molar-refractivity contribution >= 4 is 38.9 Å². The van der Waals surface area contributed by atoms with E-state index in [4.69, 9.17) is 0 Å². The van der Waals surface area contributed by atoms with Crippen LogP contribution >= 0.6 is 0 Å². The molecule has 0 spiro atoms. The van der Waals surface area contributed by atoms with Crippen molar-refractivity contribution < 1.29 is 0 Å². The van der Waals surface area contributed by atoms with Crippen molar-refractivity contribution in [2.24, 2.45) is 0 Å². The Balaban J connectivity index is 0.864. The van der Waals surface area contributed by atoms with Gasteiger partial charge in [0.25, 0.3) is 0 Å². The summed E-state index contributed by atoms with van der Waals surface area (Å²) in [6, 6.07) is 67.7. The number of nitrogens with zero attached hydrogens (tertiary/aromatic N) is 2. The van der Waals surface area contributed by atoms with Crippen molar-refractivity contribution in [1.82, 2.24) is 4.57 Å². The molecule has 2 nitrogen and oxygen atoms in total. The molecule has 0 fully saturated rings. The molecule has 0 radical (unpaired) electrons. The van der Waals surface area contributed by atoms with Gasteiger partial charge in [-0.1, -0.05) is 150 Å². The molecule has 0 saturated heterocycles. The highest BCUT2D eigenvalue weighted by atomic mass is 15.1. The molecular formula is C68H54N2. The predicted octanol–water partition coefficient (Wildman–Crippen LogP) is 17.1. The molecule has 1 aromatic heterocycles. The van der Waals surface area contributed by atoms with Gasteiger partial charge in [-0.15, -0.1) is 0 Å². The summed E-state index contributed by atoms with van der Waals surface area (Å²) < 4.78 is 2.60. The first-order valence-electron chi connectivity index (χ1n) is 25.2. The third kappa shape index (κ3) is 5.64. The molecule has 0 bridgehead atoms. The Kier molecular flexibility index (Phi) is 8.57. The lowest BCUT2D eigenvalue weighted by Gasteiger charge is -2.28. The van der Waals surface area contributed by atoms with Crippen LogP contribution in [0, 0.1) is 11.8 Å². The normalized spacial score (nSPS) is 15.6. The van der Waals surface area contributed by atoms with E-state index in [-0.39, 0.29) is 16.2 Å². The van der Waals surface area contributed by atoms with Crippen molar-refractivity contribution in [3.05, 3.63) is 238 Å². The summed E-state index contributed by atoms with van der Waals surface area (Å²) in [6.45, 7) is 14.4. The minimum atomic E-state index is -0.197. The van der Waals surface area contributed by atoms with Crippen LogP contribution in [-0.2, 0) is 29.1 Å². The van der Waals surface area contributed by atoms with Crippen molar-refractivity contribution in [2.75, 3.05) is 4.90 Å². The third-order valence-electron chi connectivity index (χ3n) is 16.9. The van der Waals surface area contributed by atoms with E-state index in [9.17, 15) is 0 Å². The maximum atomic E-state index is 3.60. The number of para-hydroxylation sites is 2. The fourth-order valence-electron chi connectivity index (χ4n) is 13.5. The summed E-state index contributed by atoms with van der Waals surface area (Å²) >= 11 is 0. The van der Waals surface area contributed by atoms with E-state index < -0.39 is 0 Å². The monoisotopic (exact) mass is 898 g/mol. The molecule has 70 heavy (non-hydrogen) atoms. The largest absolute Gasteiger partial charge is 0.310 e. The Hall–Kier alpha value is -7.86. The molecule has 1 heterocycles. The number of hydrogen-bond acceptors (Lipinski definition) is 1. The molecule has 10 aromatic rings. The van der Waals surface area contributed by atoms with E-state index in [0.29, 0.717) is 0 Å². The molecule has 0 saturated carbocycles. The number of hydrogen-bond donors (Lipinski definition) is 0. The van der Waals surface area contributed by atoms with Crippen LogP contribution in [0.1, 0.15) is 104 Å². The molecule has 9 aromatic carbocycles. The van der Waals surface area contributed by atoms with Crippen molar-refractivity contribution in [3.63, 3.8) is 0 Å². The summed E-state index contributed by atoms with van der Waals surface area (Å²) in [5.74, 6) is 7.19. The summed E-state index contributed by atoms with van der Waals surface area (Å²) in [5.41, 5.74) is 28.8. The highest BCUT2D eigenvalue weighted by Crippen LogP contribution is 2.58. The smallest absolute Gasteiger partial charge is 0.0547 e. The van der Waals surface area contributed by atoms with E-state index >= 15 is 0 Å². The Labute approximate surface area is 411 Å². The zero-order chi connectivity index (χ0) is 47.3. The Morgan fingerprint density at radius 1 is 0.386 bits per heavy atom. The van der Waals surface area contributed by atoms with Crippen LogP contribution < -0.4 is 4.90 Å². The molecular weight excluding hydrogens is 845 g/mol. The lowest BCUT2D eigenvalue weighted by molar-refractivity contribution is 0.659. The lowest BCUT2D eigenvalue weighted by atomic mass is 9.81. The highest BCUT2D eigenvalue weighted by Gasteiger charge is 2.42. The fourth-order valence-corrected chi connectivity index (χ4v) is 13.5. The fraction of sp³-hybridized carbons (Fsp3) is 0.176. The van der Waals surface area contributed by atoms with Gasteiger partial charge in [0.2, 0.25) is 0 Å². The second-order valence-electron chi connectivity index (χ2n) is 21.8. The molecule has 14 rings (SSSR count). The van der Waals surface area contributed by atoms with Crippen molar-refractivity contribution in [2.45, 2.75) is 77.0 Å². The van der Waals surface area contributed by atoms with Crippen LogP contribution in [0.5, 0.6) is 0 Å². The van der Waals surface area contributed by atoms with Gasteiger partial charge in [0.15, 0.2) is 0 Å². The molecule has 0 aliphatic heterocycles. The quantitative estimate of drug-likeness (QED) is 0.160. The van der Waals surface area contributed by atoms with Gasteiger partial charge >= 0.3 is 0 Å². The Morgan fingerprint density at radius 2 is 0.843 bits per heavy atom. The SMILES string of the molecule is CC1(C)c2cc(C#Cc3ccc(-n4c5cc6c(c7c5c5c(c8c(cc54)C(C)(C)c4ccccc4-8)CCC7)-c4ccccc4C6(C)C)cc3)ccc2-c2ccc(N(c3ccccc3)c3ccccc3)cc21. The van der Waals surface area contributed by atoms with E-state index in [1.165, 1.54) is 105 Å². The molecule has 336 valence electrons. The van der Waals surface area contributed by atoms with Gasteiger partial charge in [0.05, 0.1) is 11.0 Å². The molecule has 0 unspecified atom stereocenters. The van der Waals surface area contributed by atoms with E-state index in [2.05, 4.69) is 245 Å². The predicted molar refractivity (Wildman–Crippen MR) is 293 cm³/mol. The zero-order valence-electron chi connectivity index (χ0n) is 40.8. The van der Waals surface area contributed by atoms with Crippen molar-refractivity contribution in [3.8, 4) is 50.9 Å². The van der Waals surface area contributed by atoms with Gasteiger partial charge in [-0.25, -0.2) is 0 Å². The van der Waals surface area contributed by atoms with Crippen LogP contribution in [0.25, 0.3) is 60.9 Å². The maximum Gasteiger partial charge on any atom is 0.0547 e. The highest BCUT2D eigenvalue weighted by molar-refractivity contribution is 6.18.